The molecule has 0 spiro atoms. The van der Waals surface area contributed by atoms with Crippen LogP contribution in [0.5, 0.6) is 0 Å². The van der Waals surface area contributed by atoms with Crippen molar-refractivity contribution in [3.05, 3.63) is 22.4 Å². The van der Waals surface area contributed by atoms with Gasteiger partial charge < -0.3 is 10.1 Å². The van der Waals surface area contributed by atoms with E-state index in [0.717, 1.165) is 31.5 Å². The number of methoxy groups -OCH3 is 1. The number of thiophene rings is 1. The molecule has 2 aliphatic carbocycles. The molecule has 2 aliphatic rings. The molecule has 0 aliphatic heterocycles. The second kappa shape index (κ2) is 4.71. The minimum absolute atomic E-state index is 0.564. The van der Waals surface area contributed by atoms with Crippen molar-refractivity contribution in [3.63, 3.8) is 0 Å². The third kappa shape index (κ3) is 2.16. The lowest BCUT2D eigenvalue weighted by atomic mass is 9.95. The van der Waals surface area contributed by atoms with Crippen LogP contribution in [0.4, 0.5) is 0 Å². The maximum absolute atomic E-state index is 5.07. The van der Waals surface area contributed by atoms with Gasteiger partial charge >= 0.3 is 0 Å². The highest BCUT2D eigenvalue weighted by atomic mass is 32.1. The van der Waals surface area contributed by atoms with Crippen LogP contribution in [0.1, 0.15) is 24.1 Å². The second-order valence-electron chi connectivity index (χ2n) is 5.39. The molecule has 0 aromatic carbocycles. The smallest absolute Gasteiger partial charge is 0.0587 e. The van der Waals surface area contributed by atoms with Crippen LogP contribution >= 0.6 is 11.3 Å². The molecule has 1 heterocycles. The normalized spacial score (nSPS) is 31.7. The molecule has 0 bridgehead atoms. The summed E-state index contributed by atoms with van der Waals surface area (Å²) in [4.78, 5) is 1.64. The summed E-state index contributed by atoms with van der Waals surface area (Å²) in [6.07, 6.45) is 4.30. The molecule has 3 rings (SSSR count). The van der Waals surface area contributed by atoms with E-state index in [1.165, 1.54) is 19.3 Å². The summed E-state index contributed by atoms with van der Waals surface area (Å²) in [5, 5.41) is 5.76. The van der Waals surface area contributed by atoms with Crippen molar-refractivity contribution < 1.29 is 4.74 Å². The molecule has 0 saturated heterocycles. The number of nitrogens with one attached hydrogen (secondary N) is 1. The summed E-state index contributed by atoms with van der Waals surface area (Å²) >= 11 is 1.96. The third-order valence-corrected chi connectivity index (χ3v) is 5.38. The Labute approximate surface area is 107 Å². The van der Waals surface area contributed by atoms with Crippen LogP contribution in [-0.2, 0) is 10.2 Å². The molecule has 17 heavy (non-hydrogen) atoms. The Balaban J connectivity index is 1.58. The first kappa shape index (κ1) is 11.7. The van der Waals surface area contributed by atoms with Crippen molar-refractivity contribution in [1.29, 1.82) is 0 Å². The Kier molecular flexibility index (Phi) is 3.24. The molecule has 2 nitrogen and oxygen atoms in total. The van der Waals surface area contributed by atoms with E-state index in [0.29, 0.717) is 5.41 Å². The van der Waals surface area contributed by atoms with Crippen LogP contribution < -0.4 is 5.32 Å². The van der Waals surface area contributed by atoms with Crippen LogP contribution in [0.25, 0.3) is 0 Å². The van der Waals surface area contributed by atoms with Gasteiger partial charge in [-0.05, 0) is 49.1 Å². The van der Waals surface area contributed by atoms with Crippen molar-refractivity contribution in [2.45, 2.75) is 24.7 Å². The van der Waals surface area contributed by atoms with Crippen LogP contribution in [0.15, 0.2) is 17.5 Å². The van der Waals surface area contributed by atoms with E-state index in [2.05, 4.69) is 22.8 Å². The number of rotatable bonds is 7. The van der Waals surface area contributed by atoms with E-state index in [4.69, 9.17) is 4.74 Å². The van der Waals surface area contributed by atoms with Gasteiger partial charge in [0.2, 0.25) is 0 Å². The Bertz CT molecular complexity index is 360. The molecule has 0 amide bonds. The molecule has 2 saturated carbocycles. The second-order valence-corrected chi connectivity index (χ2v) is 6.34. The molecular weight excluding hydrogens is 230 g/mol. The standard InChI is InChI=1S/C14H21NOS/c1-16-7-6-15-10-12-9-14(12,11-4-5-11)13-3-2-8-17-13/h2-3,8,11-12,15H,4-7,9-10H2,1H3. The predicted octanol–water partition coefficient (Wildman–Crippen LogP) is 2.65. The highest BCUT2D eigenvalue weighted by Crippen LogP contribution is 2.66. The highest BCUT2D eigenvalue weighted by Gasteiger charge is 2.62. The lowest BCUT2D eigenvalue weighted by molar-refractivity contribution is 0.199. The van der Waals surface area contributed by atoms with Gasteiger partial charge in [-0.25, -0.2) is 0 Å². The zero-order valence-corrected chi connectivity index (χ0v) is 11.3. The maximum atomic E-state index is 5.07. The lowest BCUT2D eigenvalue weighted by Gasteiger charge is -2.15. The average molecular weight is 251 g/mol. The van der Waals surface area contributed by atoms with E-state index in [-0.39, 0.29) is 0 Å². The molecule has 3 heteroatoms. The van der Waals surface area contributed by atoms with Gasteiger partial charge in [0.25, 0.3) is 0 Å². The molecule has 2 atom stereocenters. The topological polar surface area (TPSA) is 21.3 Å². The predicted molar refractivity (Wildman–Crippen MR) is 71.6 cm³/mol. The molecular formula is C14H21NOS. The highest BCUT2D eigenvalue weighted by molar-refractivity contribution is 7.10. The van der Waals surface area contributed by atoms with Gasteiger partial charge in [0.15, 0.2) is 0 Å². The van der Waals surface area contributed by atoms with Crippen molar-refractivity contribution >= 4 is 11.3 Å². The average Bonchev–Trinajstić information content (AvgIpc) is 3.24. The number of hydrogen-bond acceptors (Lipinski definition) is 3. The minimum Gasteiger partial charge on any atom is -0.383 e. The van der Waals surface area contributed by atoms with Gasteiger partial charge in [0.1, 0.15) is 0 Å². The van der Waals surface area contributed by atoms with Crippen molar-refractivity contribution in [2.24, 2.45) is 11.8 Å². The van der Waals surface area contributed by atoms with E-state index >= 15 is 0 Å². The van der Waals surface area contributed by atoms with E-state index in [1.807, 2.05) is 11.3 Å². The summed E-state index contributed by atoms with van der Waals surface area (Å²) < 4.78 is 5.07. The monoisotopic (exact) mass is 251 g/mol. The van der Waals surface area contributed by atoms with Gasteiger partial charge in [0.05, 0.1) is 6.61 Å². The maximum Gasteiger partial charge on any atom is 0.0587 e. The molecule has 94 valence electrons. The van der Waals surface area contributed by atoms with Crippen molar-refractivity contribution in [2.75, 3.05) is 26.8 Å². The summed E-state index contributed by atoms with van der Waals surface area (Å²) in [6.45, 7) is 2.97. The van der Waals surface area contributed by atoms with Crippen molar-refractivity contribution in [3.8, 4) is 0 Å². The van der Waals surface area contributed by atoms with Gasteiger partial charge in [-0.2, -0.15) is 0 Å². The van der Waals surface area contributed by atoms with Gasteiger partial charge in [-0.3, -0.25) is 0 Å². The van der Waals surface area contributed by atoms with Crippen LogP contribution in [0, 0.1) is 11.8 Å². The van der Waals surface area contributed by atoms with Gasteiger partial charge in [-0.1, -0.05) is 6.07 Å². The van der Waals surface area contributed by atoms with Crippen LogP contribution in [0.3, 0.4) is 0 Å². The zero-order chi connectivity index (χ0) is 11.7. The first-order chi connectivity index (χ1) is 8.38. The fraction of sp³-hybridized carbons (Fsp3) is 0.714. The quantitative estimate of drug-likeness (QED) is 0.752. The Morgan fingerprint density at radius 2 is 2.41 bits per heavy atom. The molecule has 1 aromatic rings. The zero-order valence-electron chi connectivity index (χ0n) is 10.4. The Morgan fingerprint density at radius 3 is 3.06 bits per heavy atom. The number of ether oxygens (including phenoxy) is 1. The third-order valence-electron chi connectivity index (χ3n) is 4.31. The molecule has 2 unspecified atom stereocenters. The summed E-state index contributed by atoms with van der Waals surface area (Å²) in [7, 11) is 1.76. The first-order valence-electron chi connectivity index (χ1n) is 6.61. The first-order valence-corrected chi connectivity index (χ1v) is 7.49. The SMILES string of the molecule is COCCNCC1CC1(c1cccs1)C1CC1. The summed E-state index contributed by atoms with van der Waals surface area (Å²) in [5.74, 6) is 1.85. The van der Waals surface area contributed by atoms with E-state index < -0.39 is 0 Å². The molecule has 2 fully saturated rings. The fourth-order valence-electron chi connectivity index (χ4n) is 3.20. The van der Waals surface area contributed by atoms with Gasteiger partial charge in [0, 0.05) is 23.9 Å². The lowest BCUT2D eigenvalue weighted by Crippen LogP contribution is -2.25. The Morgan fingerprint density at radius 1 is 1.53 bits per heavy atom. The van der Waals surface area contributed by atoms with Crippen LogP contribution in [0.2, 0.25) is 0 Å². The molecule has 1 N–H and O–H groups in total. The fourth-order valence-corrected chi connectivity index (χ4v) is 4.30. The van der Waals surface area contributed by atoms with Crippen LogP contribution in [-0.4, -0.2) is 26.8 Å². The molecule has 0 radical (unpaired) electrons. The van der Waals surface area contributed by atoms with Gasteiger partial charge in [-0.15, -0.1) is 11.3 Å². The van der Waals surface area contributed by atoms with E-state index in [9.17, 15) is 0 Å². The largest absolute Gasteiger partial charge is 0.383 e. The number of hydrogen-bond donors (Lipinski definition) is 1. The van der Waals surface area contributed by atoms with E-state index in [1.54, 1.807) is 12.0 Å². The van der Waals surface area contributed by atoms with Crippen molar-refractivity contribution in [1.82, 2.24) is 5.32 Å². The molecule has 1 aromatic heterocycles. The summed E-state index contributed by atoms with van der Waals surface area (Å²) in [6, 6.07) is 4.55. The summed E-state index contributed by atoms with van der Waals surface area (Å²) in [5.41, 5.74) is 0.564. The Hall–Kier alpha value is -0.380. The minimum atomic E-state index is 0.564.